The number of methoxy groups -OCH3 is 1. The van der Waals surface area contributed by atoms with E-state index in [-0.39, 0.29) is 12.1 Å². The average Bonchev–Trinajstić information content (AvgIpc) is 2.86. The van der Waals surface area contributed by atoms with E-state index in [2.05, 4.69) is 6.07 Å². The maximum absolute atomic E-state index is 12.0. The summed E-state index contributed by atoms with van der Waals surface area (Å²) >= 11 is 0. The third-order valence-corrected chi connectivity index (χ3v) is 4.85. The van der Waals surface area contributed by atoms with Crippen molar-refractivity contribution >= 4 is 5.97 Å². The molecule has 1 aliphatic rings. The van der Waals surface area contributed by atoms with Crippen LogP contribution in [0.4, 0.5) is 0 Å². The molecule has 3 aromatic rings. The molecule has 142 valence electrons. The summed E-state index contributed by atoms with van der Waals surface area (Å²) < 4.78 is 16.9. The minimum Gasteiger partial charge on any atom is -0.490 e. The van der Waals surface area contributed by atoms with Gasteiger partial charge < -0.3 is 14.2 Å². The van der Waals surface area contributed by atoms with E-state index >= 15 is 0 Å². The van der Waals surface area contributed by atoms with Crippen molar-refractivity contribution in [3.63, 3.8) is 0 Å². The molecule has 0 aromatic heterocycles. The number of hydrogen-bond acceptors (Lipinski definition) is 4. The SMILES string of the molecule is COC(=O)c1ccc2c(c1)-c1ccc(OCc3ccccc3)cc1C[C@@H](C)O2. The highest BCUT2D eigenvalue weighted by Crippen LogP contribution is 2.39. The van der Waals surface area contributed by atoms with E-state index in [0.717, 1.165) is 40.2 Å². The quantitative estimate of drug-likeness (QED) is 0.600. The molecule has 0 N–H and O–H groups in total. The van der Waals surface area contributed by atoms with Gasteiger partial charge in [0.15, 0.2) is 0 Å². The van der Waals surface area contributed by atoms with Crippen LogP contribution in [0.3, 0.4) is 0 Å². The van der Waals surface area contributed by atoms with Crippen molar-refractivity contribution in [2.75, 3.05) is 7.11 Å². The highest BCUT2D eigenvalue weighted by Gasteiger charge is 2.22. The lowest BCUT2D eigenvalue weighted by atomic mass is 9.95. The van der Waals surface area contributed by atoms with Crippen molar-refractivity contribution in [3.8, 4) is 22.6 Å². The summed E-state index contributed by atoms with van der Waals surface area (Å²) in [5.74, 6) is 1.24. The van der Waals surface area contributed by atoms with E-state index in [0.29, 0.717) is 12.2 Å². The topological polar surface area (TPSA) is 44.8 Å². The van der Waals surface area contributed by atoms with Gasteiger partial charge in [-0.3, -0.25) is 0 Å². The fourth-order valence-electron chi connectivity index (χ4n) is 3.49. The molecule has 0 bridgehead atoms. The van der Waals surface area contributed by atoms with Crippen LogP contribution in [-0.2, 0) is 17.8 Å². The van der Waals surface area contributed by atoms with Crippen molar-refractivity contribution in [2.24, 2.45) is 0 Å². The van der Waals surface area contributed by atoms with Crippen molar-refractivity contribution in [1.82, 2.24) is 0 Å². The molecule has 4 rings (SSSR count). The van der Waals surface area contributed by atoms with Gasteiger partial charge in [-0.2, -0.15) is 0 Å². The van der Waals surface area contributed by atoms with E-state index in [1.165, 1.54) is 7.11 Å². The Morgan fingerprint density at radius 2 is 1.86 bits per heavy atom. The summed E-state index contributed by atoms with van der Waals surface area (Å²) in [7, 11) is 1.39. The van der Waals surface area contributed by atoms with Gasteiger partial charge in [0.2, 0.25) is 0 Å². The number of carbonyl (C=O) groups is 1. The number of esters is 1. The monoisotopic (exact) mass is 374 g/mol. The molecule has 28 heavy (non-hydrogen) atoms. The molecule has 0 aliphatic carbocycles. The van der Waals surface area contributed by atoms with Crippen LogP contribution >= 0.6 is 0 Å². The molecule has 0 saturated carbocycles. The Kier molecular flexibility index (Phi) is 5.02. The first kappa shape index (κ1) is 18.1. The summed E-state index contributed by atoms with van der Waals surface area (Å²) in [5, 5.41) is 0. The Morgan fingerprint density at radius 3 is 2.64 bits per heavy atom. The second-order valence-electron chi connectivity index (χ2n) is 6.93. The number of fused-ring (bicyclic) bond motifs is 3. The van der Waals surface area contributed by atoms with Crippen LogP contribution in [0.2, 0.25) is 0 Å². The van der Waals surface area contributed by atoms with Gasteiger partial charge in [-0.15, -0.1) is 0 Å². The Bertz CT molecular complexity index is 995. The maximum Gasteiger partial charge on any atom is 0.337 e. The molecule has 4 nitrogen and oxygen atoms in total. The molecule has 0 fully saturated rings. The van der Waals surface area contributed by atoms with Crippen LogP contribution in [0.15, 0.2) is 66.7 Å². The van der Waals surface area contributed by atoms with Gasteiger partial charge >= 0.3 is 5.97 Å². The lowest BCUT2D eigenvalue weighted by Crippen LogP contribution is -2.13. The molecule has 1 atom stereocenters. The summed E-state index contributed by atoms with van der Waals surface area (Å²) in [6, 6.07) is 21.6. The van der Waals surface area contributed by atoms with Gasteiger partial charge in [0.25, 0.3) is 0 Å². The lowest BCUT2D eigenvalue weighted by molar-refractivity contribution is 0.0600. The molecular weight excluding hydrogens is 352 g/mol. The summed E-state index contributed by atoms with van der Waals surface area (Å²) in [6.07, 6.45) is 0.786. The van der Waals surface area contributed by atoms with Gasteiger partial charge in [-0.05, 0) is 53.9 Å². The molecule has 3 aromatic carbocycles. The normalized spacial score (nSPS) is 14.9. The molecular formula is C24H22O4. The van der Waals surface area contributed by atoms with Gasteiger partial charge in [0.05, 0.1) is 18.8 Å². The van der Waals surface area contributed by atoms with Crippen LogP contribution in [0, 0.1) is 0 Å². The second-order valence-corrected chi connectivity index (χ2v) is 6.93. The number of carbonyl (C=O) groups excluding carboxylic acids is 1. The van der Waals surface area contributed by atoms with Gasteiger partial charge in [-0.25, -0.2) is 4.79 Å². The molecule has 1 heterocycles. The zero-order valence-corrected chi connectivity index (χ0v) is 16.0. The number of benzene rings is 3. The van der Waals surface area contributed by atoms with E-state index in [1.807, 2.05) is 61.5 Å². The van der Waals surface area contributed by atoms with Crippen molar-refractivity contribution < 1.29 is 19.0 Å². The Labute approximate surface area is 164 Å². The highest BCUT2D eigenvalue weighted by molar-refractivity contribution is 5.92. The van der Waals surface area contributed by atoms with Gasteiger partial charge in [-0.1, -0.05) is 36.4 Å². The minimum absolute atomic E-state index is 0.0216. The van der Waals surface area contributed by atoms with Gasteiger partial charge in [0, 0.05) is 12.0 Å². The van der Waals surface area contributed by atoms with Crippen LogP contribution < -0.4 is 9.47 Å². The molecule has 1 aliphatic heterocycles. The van der Waals surface area contributed by atoms with Crippen LogP contribution in [0.25, 0.3) is 11.1 Å². The smallest absolute Gasteiger partial charge is 0.337 e. The third-order valence-electron chi connectivity index (χ3n) is 4.85. The zero-order valence-electron chi connectivity index (χ0n) is 16.0. The standard InChI is InChI=1S/C24H22O4/c1-16-12-19-13-20(27-15-17-6-4-3-5-7-17)9-10-21(19)22-14-18(24(25)26-2)8-11-23(22)28-16/h3-11,13-14,16H,12,15H2,1-2H3/t16-/m1/s1. The highest BCUT2D eigenvalue weighted by atomic mass is 16.5. The lowest BCUT2D eigenvalue weighted by Gasteiger charge is -2.13. The number of rotatable bonds is 4. The van der Waals surface area contributed by atoms with Gasteiger partial charge in [0.1, 0.15) is 18.1 Å². The van der Waals surface area contributed by atoms with Crippen LogP contribution in [-0.4, -0.2) is 19.2 Å². The second kappa shape index (κ2) is 7.77. The van der Waals surface area contributed by atoms with Crippen LogP contribution in [0.5, 0.6) is 11.5 Å². The average molecular weight is 374 g/mol. The molecule has 0 radical (unpaired) electrons. The third kappa shape index (κ3) is 3.72. The van der Waals surface area contributed by atoms with E-state index < -0.39 is 0 Å². The van der Waals surface area contributed by atoms with Crippen LogP contribution in [0.1, 0.15) is 28.4 Å². The molecule has 4 heteroatoms. The fraction of sp³-hybridized carbons (Fsp3) is 0.208. The predicted molar refractivity (Wildman–Crippen MR) is 108 cm³/mol. The minimum atomic E-state index is -0.357. The van der Waals surface area contributed by atoms with E-state index in [9.17, 15) is 4.79 Å². The Morgan fingerprint density at radius 1 is 1.04 bits per heavy atom. The summed E-state index contributed by atoms with van der Waals surface area (Å²) in [4.78, 5) is 12.0. The van der Waals surface area contributed by atoms with E-state index in [4.69, 9.17) is 14.2 Å². The maximum atomic E-state index is 12.0. The van der Waals surface area contributed by atoms with E-state index in [1.54, 1.807) is 6.07 Å². The predicted octanol–water partition coefficient (Wildman–Crippen LogP) is 5.04. The molecule has 0 amide bonds. The first-order chi connectivity index (χ1) is 13.6. The number of hydrogen-bond donors (Lipinski definition) is 0. The largest absolute Gasteiger partial charge is 0.490 e. The fourth-order valence-corrected chi connectivity index (χ4v) is 3.49. The van der Waals surface area contributed by atoms with Crippen molar-refractivity contribution in [2.45, 2.75) is 26.1 Å². The first-order valence-electron chi connectivity index (χ1n) is 9.33. The molecule has 0 saturated heterocycles. The Balaban J connectivity index is 1.67. The zero-order chi connectivity index (χ0) is 19.5. The molecule has 0 unspecified atom stereocenters. The summed E-state index contributed by atoms with van der Waals surface area (Å²) in [6.45, 7) is 2.57. The number of ether oxygens (including phenoxy) is 3. The van der Waals surface area contributed by atoms with Crippen molar-refractivity contribution in [1.29, 1.82) is 0 Å². The Hall–Kier alpha value is -3.27. The molecule has 0 spiro atoms. The first-order valence-corrected chi connectivity index (χ1v) is 9.33. The summed E-state index contributed by atoms with van der Waals surface area (Å²) in [5.41, 5.74) is 4.73. The van der Waals surface area contributed by atoms with Crippen molar-refractivity contribution in [3.05, 3.63) is 83.4 Å².